The van der Waals surface area contributed by atoms with Crippen LogP contribution in [-0.4, -0.2) is 19.3 Å². The van der Waals surface area contributed by atoms with Crippen LogP contribution < -0.4 is 5.43 Å². The molecule has 1 aromatic carbocycles. The van der Waals surface area contributed by atoms with E-state index in [-0.39, 0.29) is 33.1 Å². The summed E-state index contributed by atoms with van der Waals surface area (Å²) in [6, 6.07) is 4.74. The van der Waals surface area contributed by atoms with Crippen LogP contribution >= 0.6 is 19.4 Å². The number of alkyl halides is 3. The first-order valence-corrected chi connectivity index (χ1v) is 10.6. The molecule has 0 radical (unpaired) electrons. The maximum atomic E-state index is 14.2. The molecular weight excluding hydrogens is 479 g/mol. The molecule has 0 aliphatic heterocycles. The molecule has 0 unspecified atom stereocenters. The topological polar surface area (TPSA) is 102 Å². The van der Waals surface area contributed by atoms with Gasteiger partial charge in [-0.25, -0.2) is 8.96 Å². The first-order chi connectivity index (χ1) is 14.8. The Hall–Kier alpha value is -2.56. The van der Waals surface area contributed by atoms with E-state index in [4.69, 9.17) is 21.4 Å². The van der Waals surface area contributed by atoms with Gasteiger partial charge in [-0.3, -0.25) is 14.3 Å². The minimum absolute atomic E-state index is 0.0156. The van der Waals surface area contributed by atoms with Gasteiger partial charge in [0, 0.05) is 34.8 Å². The molecule has 0 aliphatic carbocycles. The van der Waals surface area contributed by atoms with E-state index < -0.39 is 37.5 Å². The highest BCUT2D eigenvalue weighted by Gasteiger charge is 2.31. The second-order valence-corrected chi connectivity index (χ2v) is 8.23. The number of pyridine rings is 2. The van der Waals surface area contributed by atoms with Crippen molar-refractivity contribution < 1.29 is 36.4 Å². The first-order valence-electron chi connectivity index (χ1n) is 8.71. The predicted octanol–water partition coefficient (Wildman–Crippen LogP) is 4.76. The van der Waals surface area contributed by atoms with Gasteiger partial charge in [-0.05, 0) is 31.2 Å². The molecule has 3 rings (SSSR count). The van der Waals surface area contributed by atoms with Crippen LogP contribution in [0.3, 0.4) is 0 Å². The summed E-state index contributed by atoms with van der Waals surface area (Å²) < 4.78 is 69.0. The Morgan fingerprint density at radius 1 is 1.19 bits per heavy atom. The van der Waals surface area contributed by atoms with Gasteiger partial charge in [0.15, 0.2) is 0 Å². The zero-order valence-corrected chi connectivity index (χ0v) is 17.7. The lowest BCUT2D eigenvalue weighted by Gasteiger charge is -2.15. The van der Waals surface area contributed by atoms with Crippen LogP contribution in [-0.2, 0) is 22.0 Å². The average molecular weight is 493 g/mol. The lowest BCUT2D eigenvalue weighted by atomic mass is 10.0. The third kappa shape index (κ3) is 5.25. The van der Waals surface area contributed by atoms with E-state index in [0.717, 1.165) is 12.1 Å². The summed E-state index contributed by atoms with van der Waals surface area (Å²) in [5, 5.41) is -0.213. The highest BCUT2D eigenvalue weighted by Crippen LogP contribution is 2.36. The summed E-state index contributed by atoms with van der Waals surface area (Å²) in [7, 11) is -4.78. The number of hydrogen-bond donors (Lipinski definition) is 2. The zero-order valence-electron chi connectivity index (χ0n) is 16.1. The minimum atomic E-state index is -4.78. The van der Waals surface area contributed by atoms with Crippen LogP contribution in [0.25, 0.3) is 22.4 Å². The van der Waals surface area contributed by atoms with E-state index in [1.165, 1.54) is 36.0 Å². The Labute approximate surface area is 183 Å². The molecule has 2 heterocycles. The van der Waals surface area contributed by atoms with Crippen LogP contribution in [0.2, 0.25) is 5.02 Å². The van der Waals surface area contributed by atoms with E-state index in [0.29, 0.717) is 6.07 Å². The van der Waals surface area contributed by atoms with Crippen molar-refractivity contribution in [3.63, 3.8) is 0 Å². The lowest BCUT2D eigenvalue weighted by Crippen LogP contribution is -2.16. The van der Waals surface area contributed by atoms with E-state index in [1.54, 1.807) is 0 Å². The fraction of sp³-hybridized carbons (Fsp3) is 0.158. The number of aromatic nitrogens is 2. The van der Waals surface area contributed by atoms with Crippen molar-refractivity contribution in [3.8, 4) is 22.4 Å². The van der Waals surface area contributed by atoms with Gasteiger partial charge in [-0.1, -0.05) is 17.7 Å². The molecule has 2 aromatic heterocycles. The molecule has 32 heavy (non-hydrogen) atoms. The monoisotopic (exact) mass is 492 g/mol. The third-order valence-corrected chi connectivity index (χ3v) is 5.39. The fourth-order valence-electron chi connectivity index (χ4n) is 2.81. The Kier molecular flexibility index (Phi) is 6.60. The second-order valence-electron chi connectivity index (χ2n) is 6.61. The minimum Gasteiger partial charge on any atom is -0.325 e. The van der Waals surface area contributed by atoms with Crippen LogP contribution in [0.5, 0.6) is 0 Å². The van der Waals surface area contributed by atoms with Gasteiger partial charge >= 0.3 is 14.0 Å². The van der Waals surface area contributed by atoms with Gasteiger partial charge in [-0.15, -0.1) is 0 Å². The van der Waals surface area contributed by atoms with E-state index in [2.05, 4.69) is 9.51 Å². The Balaban J connectivity index is 1.98. The van der Waals surface area contributed by atoms with Crippen LogP contribution in [0, 0.1) is 12.7 Å². The summed E-state index contributed by atoms with van der Waals surface area (Å²) in [5.74, 6) is -1.12. The van der Waals surface area contributed by atoms with Gasteiger partial charge in [0.25, 0.3) is 0 Å². The molecule has 0 saturated carbocycles. The molecule has 0 fully saturated rings. The summed E-state index contributed by atoms with van der Waals surface area (Å²) in [4.78, 5) is 34.3. The number of benzene rings is 1. The maximum Gasteiger partial charge on any atom is 0.471 e. The van der Waals surface area contributed by atoms with Crippen molar-refractivity contribution in [1.82, 2.24) is 9.55 Å². The number of phosphoric acid groups is 1. The molecule has 0 bridgehead atoms. The molecule has 3 aromatic rings. The summed E-state index contributed by atoms with van der Waals surface area (Å²) in [5.41, 5.74) is -1.41. The van der Waals surface area contributed by atoms with Crippen molar-refractivity contribution in [2.24, 2.45) is 0 Å². The molecule has 2 N–H and O–H groups in total. The first kappa shape index (κ1) is 24.1. The molecule has 0 spiro atoms. The summed E-state index contributed by atoms with van der Waals surface area (Å²) in [6.07, 6.45) is -2.23. The third-order valence-electron chi connectivity index (χ3n) is 4.49. The molecule has 0 atom stereocenters. The Bertz CT molecular complexity index is 1270. The molecule has 7 nitrogen and oxygen atoms in total. The van der Waals surface area contributed by atoms with Crippen molar-refractivity contribution in [3.05, 3.63) is 75.0 Å². The summed E-state index contributed by atoms with van der Waals surface area (Å²) in [6.45, 7) is 0.858. The molecule has 0 amide bonds. The highest BCUT2D eigenvalue weighted by molar-refractivity contribution is 7.46. The molecule has 170 valence electrons. The number of phosphoric ester groups is 1. The Morgan fingerprint density at radius 2 is 1.88 bits per heavy atom. The van der Waals surface area contributed by atoms with E-state index >= 15 is 0 Å². The fourth-order valence-corrected chi connectivity index (χ4v) is 3.29. The molecule has 0 aliphatic rings. The Morgan fingerprint density at radius 3 is 2.41 bits per heavy atom. The maximum absolute atomic E-state index is 14.2. The highest BCUT2D eigenvalue weighted by atomic mass is 35.5. The predicted molar refractivity (Wildman–Crippen MR) is 107 cm³/mol. The summed E-state index contributed by atoms with van der Waals surface area (Å²) >= 11 is 6.04. The second kappa shape index (κ2) is 8.76. The van der Waals surface area contributed by atoms with Crippen molar-refractivity contribution >= 4 is 19.4 Å². The van der Waals surface area contributed by atoms with Gasteiger partial charge in [0.2, 0.25) is 5.43 Å². The zero-order chi connectivity index (χ0) is 23.8. The molecule has 0 saturated heterocycles. The van der Waals surface area contributed by atoms with Crippen LogP contribution in [0.1, 0.15) is 11.3 Å². The van der Waals surface area contributed by atoms with Crippen LogP contribution in [0.4, 0.5) is 17.6 Å². The lowest BCUT2D eigenvalue weighted by molar-refractivity contribution is -0.137. The van der Waals surface area contributed by atoms with Crippen LogP contribution in [0.15, 0.2) is 47.5 Å². The number of halogens is 5. The van der Waals surface area contributed by atoms with Gasteiger partial charge < -0.3 is 14.4 Å². The SMILES string of the molecule is Cc1c(Cl)c(=O)c(-c2ccc(-c3ccc(C(F)(F)F)cc3F)nc2)cn1COP(=O)(O)O. The standard InChI is InChI=1S/C19H14ClF4N2O5P/c1-10-17(20)18(27)14(8-26(10)9-31-32(28,29)30)11-2-5-16(25-7-11)13-4-3-12(6-15(13)21)19(22,23)24/h2-8H,9H2,1H3,(H2,28,29,30). The normalized spacial score (nSPS) is 12.2. The largest absolute Gasteiger partial charge is 0.471 e. The van der Waals surface area contributed by atoms with Gasteiger partial charge in [-0.2, -0.15) is 13.2 Å². The average Bonchev–Trinajstić information content (AvgIpc) is 2.70. The van der Waals surface area contributed by atoms with Crippen molar-refractivity contribution in [1.29, 1.82) is 0 Å². The van der Waals surface area contributed by atoms with E-state index in [9.17, 15) is 26.9 Å². The number of hydrogen-bond acceptors (Lipinski definition) is 4. The van der Waals surface area contributed by atoms with Gasteiger partial charge in [0.05, 0.1) is 11.3 Å². The smallest absolute Gasteiger partial charge is 0.325 e. The van der Waals surface area contributed by atoms with E-state index in [1.807, 2.05) is 0 Å². The van der Waals surface area contributed by atoms with Crippen molar-refractivity contribution in [2.45, 2.75) is 19.8 Å². The number of rotatable bonds is 5. The number of nitrogens with zero attached hydrogens (tertiary/aromatic N) is 2. The molecule has 13 heteroatoms. The molecular formula is C19H14ClF4N2O5P. The quantitative estimate of drug-likeness (QED) is 0.393. The van der Waals surface area contributed by atoms with Gasteiger partial charge in [0.1, 0.15) is 17.6 Å². The van der Waals surface area contributed by atoms with Crippen molar-refractivity contribution in [2.75, 3.05) is 0 Å².